The molecule has 10 heavy (non-hydrogen) atoms. The normalized spacial score (nSPS) is 10.5. The molecule has 0 spiro atoms. The lowest BCUT2D eigenvalue weighted by Gasteiger charge is -1.88. The van der Waals surface area contributed by atoms with Gasteiger partial charge < -0.3 is 4.57 Å². The molecular weight excluding hydrogens is 126 g/mol. The monoisotopic (exact) mass is 132 g/mol. The average molecular weight is 132 g/mol. The van der Waals surface area contributed by atoms with Gasteiger partial charge in [-0.3, -0.25) is 0 Å². The van der Waals surface area contributed by atoms with Crippen LogP contribution in [-0.4, -0.2) is 14.5 Å². The van der Waals surface area contributed by atoms with Gasteiger partial charge in [0.1, 0.15) is 5.52 Å². The second kappa shape index (κ2) is 1.80. The Balaban J connectivity index is 2.93. The van der Waals surface area contributed by atoms with Crippen LogP contribution < -0.4 is 0 Å². The first kappa shape index (κ1) is 5.41. The molecule has 0 fully saturated rings. The minimum Gasteiger partial charge on any atom is -0.318 e. The third kappa shape index (κ3) is 0.603. The molecular formula is C7H6N3. The summed E-state index contributed by atoms with van der Waals surface area (Å²) in [5.74, 6) is 0. The van der Waals surface area contributed by atoms with Crippen LogP contribution in [0.4, 0.5) is 0 Å². The lowest BCUT2D eigenvalue weighted by molar-refractivity contribution is 0.930. The van der Waals surface area contributed by atoms with Gasteiger partial charge in [-0.25, -0.2) is 9.97 Å². The molecule has 0 unspecified atom stereocenters. The summed E-state index contributed by atoms with van der Waals surface area (Å²) in [7, 11) is 1.91. The largest absolute Gasteiger partial charge is 0.318 e. The molecule has 49 valence electrons. The van der Waals surface area contributed by atoms with E-state index >= 15 is 0 Å². The van der Waals surface area contributed by atoms with Gasteiger partial charge in [-0.1, -0.05) is 0 Å². The fourth-order valence-corrected chi connectivity index (χ4v) is 0.910. The van der Waals surface area contributed by atoms with Crippen molar-refractivity contribution >= 4 is 11.2 Å². The Morgan fingerprint density at radius 2 is 2.50 bits per heavy atom. The minimum absolute atomic E-state index is 0.877. The molecule has 0 saturated heterocycles. The summed E-state index contributed by atoms with van der Waals surface area (Å²) in [5.41, 5.74) is 1.80. The van der Waals surface area contributed by atoms with Crippen molar-refractivity contribution in [1.82, 2.24) is 14.5 Å². The molecule has 0 aliphatic carbocycles. The molecule has 0 N–H and O–H groups in total. The van der Waals surface area contributed by atoms with Crippen molar-refractivity contribution in [2.75, 3.05) is 0 Å². The van der Waals surface area contributed by atoms with Gasteiger partial charge in [0.2, 0.25) is 0 Å². The van der Waals surface area contributed by atoms with E-state index in [1.807, 2.05) is 17.7 Å². The molecule has 0 amide bonds. The van der Waals surface area contributed by atoms with Gasteiger partial charge in [-0.05, 0) is 12.1 Å². The van der Waals surface area contributed by atoms with E-state index in [0.29, 0.717) is 0 Å². The van der Waals surface area contributed by atoms with Gasteiger partial charge in [0.15, 0.2) is 5.65 Å². The highest BCUT2D eigenvalue weighted by atomic mass is 15.1. The third-order valence-corrected chi connectivity index (χ3v) is 1.42. The molecule has 0 saturated carbocycles. The maximum atomic E-state index is 4.10. The Morgan fingerprint density at radius 1 is 1.60 bits per heavy atom. The Hall–Kier alpha value is -1.38. The van der Waals surface area contributed by atoms with Gasteiger partial charge >= 0.3 is 0 Å². The molecule has 0 aromatic carbocycles. The predicted octanol–water partition coefficient (Wildman–Crippen LogP) is 0.768. The average Bonchev–Trinajstić information content (AvgIpc) is 2.34. The Bertz CT molecular complexity index is 350. The number of aromatic nitrogens is 3. The topological polar surface area (TPSA) is 30.7 Å². The van der Waals surface area contributed by atoms with Crippen LogP contribution in [0.3, 0.4) is 0 Å². The van der Waals surface area contributed by atoms with Crippen LogP contribution in [0.15, 0.2) is 18.5 Å². The smallest absolute Gasteiger partial charge is 0.160 e. The summed E-state index contributed by atoms with van der Waals surface area (Å²) in [6.45, 7) is 0. The Kier molecular flexibility index (Phi) is 0.974. The summed E-state index contributed by atoms with van der Waals surface area (Å²) in [6.07, 6.45) is 4.49. The van der Waals surface area contributed by atoms with E-state index in [2.05, 4.69) is 16.2 Å². The van der Waals surface area contributed by atoms with Crippen LogP contribution >= 0.6 is 0 Å². The molecule has 2 rings (SSSR count). The van der Waals surface area contributed by atoms with Crippen molar-refractivity contribution in [1.29, 1.82) is 0 Å². The maximum Gasteiger partial charge on any atom is 0.160 e. The first-order valence-electron chi connectivity index (χ1n) is 3.02. The molecule has 0 aliphatic rings. The quantitative estimate of drug-likeness (QED) is 0.530. The third-order valence-electron chi connectivity index (χ3n) is 1.42. The predicted molar refractivity (Wildman–Crippen MR) is 37.3 cm³/mol. The first-order valence-corrected chi connectivity index (χ1v) is 3.02. The maximum absolute atomic E-state index is 4.10. The molecule has 2 aromatic rings. The fraction of sp³-hybridized carbons (Fsp3) is 0.143. The molecule has 0 bridgehead atoms. The molecule has 3 heteroatoms. The zero-order valence-electron chi connectivity index (χ0n) is 5.57. The summed E-state index contributed by atoms with van der Waals surface area (Å²) >= 11 is 0. The number of hydrogen-bond acceptors (Lipinski definition) is 2. The highest BCUT2D eigenvalue weighted by Gasteiger charge is 1.96. The summed E-state index contributed by atoms with van der Waals surface area (Å²) in [5, 5.41) is 0. The van der Waals surface area contributed by atoms with Crippen LogP contribution in [0.25, 0.3) is 11.2 Å². The molecule has 2 heterocycles. The number of nitrogens with zero attached hydrogens (tertiary/aromatic N) is 3. The van der Waals surface area contributed by atoms with Crippen molar-refractivity contribution in [3.63, 3.8) is 0 Å². The van der Waals surface area contributed by atoms with Crippen LogP contribution in [0.2, 0.25) is 0 Å². The molecule has 3 nitrogen and oxygen atoms in total. The van der Waals surface area contributed by atoms with E-state index in [1.165, 1.54) is 0 Å². The number of hydrogen-bond donors (Lipinski definition) is 0. The standard InChI is InChI=1S/C7H6N3/c1-10-5-9-6-3-2-4-8-7(6)10/h2-3,5H,1H3. The highest BCUT2D eigenvalue weighted by Crippen LogP contribution is 2.04. The lowest BCUT2D eigenvalue weighted by atomic mass is 10.4. The van der Waals surface area contributed by atoms with Gasteiger partial charge in [0.05, 0.1) is 12.5 Å². The summed E-state index contributed by atoms with van der Waals surface area (Å²) in [4.78, 5) is 8.11. The van der Waals surface area contributed by atoms with Crippen molar-refractivity contribution < 1.29 is 0 Å². The molecule has 0 aliphatic heterocycles. The second-order valence-electron chi connectivity index (χ2n) is 2.14. The van der Waals surface area contributed by atoms with Gasteiger partial charge in [0.25, 0.3) is 0 Å². The van der Waals surface area contributed by atoms with E-state index in [1.54, 1.807) is 12.4 Å². The van der Waals surface area contributed by atoms with Crippen molar-refractivity contribution in [2.45, 2.75) is 0 Å². The second-order valence-corrected chi connectivity index (χ2v) is 2.14. The van der Waals surface area contributed by atoms with Crippen LogP contribution in [0, 0.1) is 6.20 Å². The number of imidazole rings is 1. The number of fused-ring (bicyclic) bond motifs is 1. The van der Waals surface area contributed by atoms with E-state index in [9.17, 15) is 0 Å². The SMILES string of the molecule is Cn1cnc2cc[c]nc21. The van der Waals surface area contributed by atoms with Crippen LogP contribution in [0.5, 0.6) is 0 Å². The number of aryl methyl sites for hydroxylation is 1. The van der Waals surface area contributed by atoms with E-state index < -0.39 is 0 Å². The Morgan fingerprint density at radius 3 is 3.30 bits per heavy atom. The molecule has 2 aromatic heterocycles. The summed E-state index contributed by atoms with van der Waals surface area (Å²) in [6, 6.07) is 3.65. The van der Waals surface area contributed by atoms with Gasteiger partial charge in [0, 0.05) is 7.05 Å². The summed E-state index contributed by atoms with van der Waals surface area (Å²) < 4.78 is 1.87. The Labute approximate surface area is 58.3 Å². The van der Waals surface area contributed by atoms with E-state index in [-0.39, 0.29) is 0 Å². The van der Waals surface area contributed by atoms with Crippen LogP contribution in [0.1, 0.15) is 0 Å². The fourth-order valence-electron chi connectivity index (χ4n) is 0.910. The first-order chi connectivity index (χ1) is 4.88. The van der Waals surface area contributed by atoms with Crippen molar-refractivity contribution in [3.8, 4) is 0 Å². The van der Waals surface area contributed by atoms with Crippen LogP contribution in [-0.2, 0) is 7.05 Å². The number of pyridine rings is 1. The highest BCUT2D eigenvalue weighted by molar-refractivity contribution is 5.69. The van der Waals surface area contributed by atoms with Crippen molar-refractivity contribution in [3.05, 3.63) is 24.7 Å². The van der Waals surface area contributed by atoms with Gasteiger partial charge in [-0.15, -0.1) is 0 Å². The zero-order valence-corrected chi connectivity index (χ0v) is 5.57. The van der Waals surface area contributed by atoms with Gasteiger partial charge in [-0.2, -0.15) is 0 Å². The van der Waals surface area contributed by atoms with E-state index in [4.69, 9.17) is 0 Å². The van der Waals surface area contributed by atoms with Crippen molar-refractivity contribution in [2.24, 2.45) is 7.05 Å². The molecule has 0 atom stereocenters. The minimum atomic E-state index is 0.877. The van der Waals surface area contributed by atoms with E-state index in [0.717, 1.165) is 11.2 Å². The zero-order chi connectivity index (χ0) is 6.97. The lowest BCUT2D eigenvalue weighted by Crippen LogP contribution is -1.85. The number of rotatable bonds is 0. The molecule has 1 radical (unpaired) electrons.